The fraction of sp³-hybridized carbons (Fsp3) is 0.846. The van der Waals surface area contributed by atoms with Crippen molar-refractivity contribution in [3.8, 4) is 0 Å². The van der Waals surface area contributed by atoms with E-state index in [9.17, 15) is 9.59 Å². The van der Waals surface area contributed by atoms with E-state index in [2.05, 4.69) is 6.92 Å². The normalized spacial score (nSPS) is 16.5. The molecule has 0 saturated heterocycles. The van der Waals surface area contributed by atoms with Crippen molar-refractivity contribution >= 4 is 12.4 Å². The van der Waals surface area contributed by atoms with Crippen molar-refractivity contribution in [1.29, 1.82) is 0 Å². The molecule has 17 heavy (non-hydrogen) atoms. The molecule has 1 fully saturated rings. The summed E-state index contributed by atoms with van der Waals surface area (Å²) in [6.07, 6.45) is 8.73. The van der Waals surface area contributed by atoms with E-state index in [-0.39, 0.29) is 6.04 Å². The number of carbonyl (C=O) groups excluding carboxylic acids is 1. The van der Waals surface area contributed by atoms with Crippen LogP contribution in [0, 0.1) is 0 Å². The highest BCUT2D eigenvalue weighted by Crippen LogP contribution is 2.28. The molecule has 0 bridgehead atoms. The molecule has 1 atom stereocenters. The summed E-state index contributed by atoms with van der Waals surface area (Å²) in [6.45, 7) is 2.15. The van der Waals surface area contributed by atoms with Crippen LogP contribution in [0.25, 0.3) is 0 Å². The molecule has 1 N–H and O–H groups in total. The fourth-order valence-corrected chi connectivity index (χ4v) is 2.13. The highest BCUT2D eigenvalue weighted by molar-refractivity contribution is 5.76. The lowest BCUT2D eigenvalue weighted by Gasteiger charge is -2.24. The van der Waals surface area contributed by atoms with Gasteiger partial charge >= 0.3 is 5.97 Å². The van der Waals surface area contributed by atoms with E-state index in [1.165, 1.54) is 17.7 Å². The topological polar surface area (TPSA) is 57.6 Å². The van der Waals surface area contributed by atoms with E-state index in [1.807, 2.05) is 0 Å². The second kappa shape index (κ2) is 7.30. The molecule has 1 aliphatic rings. The zero-order chi connectivity index (χ0) is 12.7. The Kier molecular flexibility index (Phi) is 6.01. The van der Waals surface area contributed by atoms with Gasteiger partial charge in [0.15, 0.2) is 0 Å². The molecule has 0 heterocycles. The van der Waals surface area contributed by atoms with Gasteiger partial charge in [0.2, 0.25) is 6.41 Å². The predicted octanol–water partition coefficient (Wildman–Crippen LogP) is 2.42. The Bertz CT molecular complexity index is 251. The van der Waals surface area contributed by atoms with Crippen LogP contribution in [0.4, 0.5) is 0 Å². The van der Waals surface area contributed by atoms with Crippen LogP contribution in [0.5, 0.6) is 0 Å². The SMILES string of the molecule is CCCCCCCC(C(=O)O)N(C=O)C1CC1. The Hall–Kier alpha value is -1.06. The largest absolute Gasteiger partial charge is 0.480 e. The zero-order valence-corrected chi connectivity index (χ0v) is 10.6. The lowest BCUT2D eigenvalue weighted by atomic mass is 10.1. The van der Waals surface area contributed by atoms with E-state index >= 15 is 0 Å². The Morgan fingerprint density at radius 3 is 2.47 bits per heavy atom. The first-order chi connectivity index (χ1) is 8.20. The summed E-state index contributed by atoms with van der Waals surface area (Å²) in [5.41, 5.74) is 0. The number of carboxylic acids is 1. The van der Waals surface area contributed by atoms with Crippen LogP contribution in [0.3, 0.4) is 0 Å². The van der Waals surface area contributed by atoms with Gasteiger partial charge in [-0.25, -0.2) is 4.79 Å². The van der Waals surface area contributed by atoms with E-state index in [0.29, 0.717) is 12.8 Å². The van der Waals surface area contributed by atoms with Crippen molar-refractivity contribution in [3.05, 3.63) is 0 Å². The second-order valence-electron chi connectivity index (χ2n) is 4.84. The molecule has 1 amide bonds. The maximum atomic E-state index is 11.2. The van der Waals surface area contributed by atoms with Crippen LogP contribution in [0.2, 0.25) is 0 Å². The third kappa shape index (κ3) is 4.75. The van der Waals surface area contributed by atoms with Crippen LogP contribution < -0.4 is 0 Å². The summed E-state index contributed by atoms with van der Waals surface area (Å²) in [7, 11) is 0. The number of carboxylic acid groups (broad SMARTS) is 1. The van der Waals surface area contributed by atoms with Crippen LogP contribution in [0.15, 0.2) is 0 Å². The van der Waals surface area contributed by atoms with Crippen LogP contribution in [-0.4, -0.2) is 34.5 Å². The average molecular weight is 241 g/mol. The Labute approximate surface area is 103 Å². The molecule has 0 aromatic heterocycles. The highest BCUT2D eigenvalue weighted by atomic mass is 16.4. The predicted molar refractivity (Wildman–Crippen MR) is 65.7 cm³/mol. The molecule has 0 aromatic rings. The lowest BCUT2D eigenvalue weighted by molar-refractivity contribution is -0.147. The van der Waals surface area contributed by atoms with E-state index in [0.717, 1.165) is 32.1 Å². The molecule has 1 aliphatic carbocycles. The van der Waals surface area contributed by atoms with Gasteiger partial charge in [-0.1, -0.05) is 39.0 Å². The van der Waals surface area contributed by atoms with Gasteiger partial charge in [-0.15, -0.1) is 0 Å². The van der Waals surface area contributed by atoms with Gasteiger partial charge < -0.3 is 10.0 Å². The molecule has 0 aliphatic heterocycles. The summed E-state index contributed by atoms with van der Waals surface area (Å²) in [6, 6.07) is -0.425. The third-order valence-electron chi connectivity index (χ3n) is 3.32. The molecular weight excluding hydrogens is 218 g/mol. The number of amides is 1. The minimum Gasteiger partial charge on any atom is -0.480 e. The maximum Gasteiger partial charge on any atom is 0.326 e. The summed E-state index contributed by atoms with van der Waals surface area (Å²) in [4.78, 5) is 23.6. The Balaban J connectivity index is 2.32. The molecular formula is C13H23NO3. The minimum absolute atomic E-state index is 0.184. The van der Waals surface area contributed by atoms with E-state index in [1.54, 1.807) is 0 Å². The minimum atomic E-state index is -0.862. The number of aliphatic carboxylic acids is 1. The molecule has 0 spiro atoms. The van der Waals surface area contributed by atoms with Crippen LogP contribution >= 0.6 is 0 Å². The quantitative estimate of drug-likeness (QED) is 0.472. The average Bonchev–Trinajstić information content (AvgIpc) is 3.11. The maximum absolute atomic E-state index is 11.2. The van der Waals surface area contributed by atoms with Gasteiger partial charge in [-0.05, 0) is 19.3 Å². The van der Waals surface area contributed by atoms with Crippen molar-refractivity contribution < 1.29 is 14.7 Å². The van der Waals surface area contributed by atoms with Gasteiger partial charge in [0, 0.05) is 6.04 Å². The molecule has 1 unspecified atom stereocenters. The Morgan fingerprint density at radius 2 is 2.00 bits per heavy atom. The van der Waals surface area contributed by atoms with E-state index in [4.69, 9.17) is 5.11 Å². The fourth-order valence-electron chi connectivity index (χ4n) is 2.13. The molecule has 98 valence electrons. The summed E-state index contributed by atoms with van der Waals surface area (Å²) in [5, 5.41) is 9.15. The van der Waals surface area contributed by atoms with Crippen molar-refractivity contribution in [3.63, 3.8) is 0 Å². The summed E-state index contributed by atoms with van der Waals surface area (Å²) >= 11 is 0. The number of nitrogens with zero attached hydrogens (tertiary/aromatic N) is 1. The molecule has 4 nitrogen and oxygen atoms in total. The van der Waals surface area contributed by atoms with Crippen molar-refractivity contribution in [2.24, 2.45) is 0 Å². The van der Waals surface area contributed by atoms with Gasteiger partial charge in [0.1, 0.15) is 6.04 Å². The van der Waals surface area contributed by atoms with E-state index < -0.39 is 12.0 Å². The third-order valence-corrected chi connectivity index (χ3v) is 3.32. The van der Waals surface area contributed by atoms with Crippen LogP contribution in [0.1, 0.15) is 58.3 Å². The van der Waals surface area contributed by atoms with Gasteiger partial charge in [0.05, 0.1) is 0 Å². The monoisotopic (exact) mass is 241 g/mol. The number of carbonyl (C=O) groups is 2. The smallest absolute Gasteiger partial charge is 0.326 e. The molecule has 0 aromatic carbocycles. The van der Waals surface area contributed by atoms with Crippen LogP contribution in [-0.2, 0) is 9.59 Å². The number of unbranched alkanes of at least 4 members (excludes halogenated alkanes) is 4. The van der Waals surface area contributed by atoms with Crippen molar-refractivity contribution in [2.75, 3.05) is 0 Å². The Morgan fingerprint density at radius 1 is 1.35 bits per heavy atom. The highest BCUT2D eigenvalue weighted by Gasteiger charge is 2.35. The summed E-state index contributed by atoms with van der Waals surface area (Å²) in [5.74, 6) is -0.862. The van der Waals surface area contributed by atoms with Crippen molar-refractivity contribution in [2.45, 2.75) is 70.4 Å². The number of hydrogen-bond acceptors (Lipinski definition) is 2. The standard InChI is InChI=1S/C13H23NO3/c1-2-3-4-5-6-7-12(13(16)17)14(10-15)11-8-9-11/h10-12H,2-9H2,1H3,(H,16,17). The lowest BCUT2D eigenvalue weighted by Crippen LogP contribution is -2.41. The zero-order valence-electron chi connectivity index (χ0n) is 10.6. The molecule has 4 heteroatoms. The molecule has 1 rings (SSSR count). The van der Waals surface area contributed by atoms with Crippen molar-refractivity contribution in [1.82, 2.24) is 4.90 Å². The van der Waals surface area contributed by atoms with Gasteiger partial charge in [-0.2, -0.15) is 0 Å². The first-order valence-corrected chi connectivity index (χ1v) is 6.66. The van der Waals surface area contributed by atoms with Gasteiger partial charge in [0.25, 0.3) is 0 Å². The summed E-state index contributed by atoms with van der Waals surface area (Å²) < 4.78 is 0. The van der Waals surface area contributed by atoms with Gasteiger partial charge in [-0.3, -0.25) is 4.79 Å². The first kappa shape index (κ1) is 14.0. The molecule has 1 saturated carbocycles. The first-order valence-electron chi connectivity index (χ1n) is 6.66. The molecule has 0 radical (unpaired) electrons. The second-order valence-corrected chi connectivity index (χ2v) is 4.84. The number of rotatable bonds is 10. The number of hydrogen-bond donors (Lipinski definition) is 1.